The topological polar surface area (TPSA) is 37.8 Å². The average Bonchev–Trinajstić information content (AvgIpc) is 2.47. The number of aromatic nitrogens is 2. The van der Waals surface area contributed by atoms with Crippen molar-refractivity contribution in [1.82, 2.24) is 14.9 Å². The molecule has 1 heterocycles. The van der Waals surface area contributed by atoms with Gasteiger partial charge in [0.25, 0.3) is 0 Å². The molecule has 0 aliphatic heterocycles. The summed E-state index contributed by atoms with van der Waals surface area (Å²) in [4.78, 5) is 1.26. The molecule has 13 heavy (non-hydrogen) atoms. The van der Waals surface area contributed by atoms with Gasteiger partial charge in [-0.1, -0.05) is 32.2 Å². The van der Waals surface area contributed by atoms with Crippen molar-refractivity contribution >= 4 is 11.5 Å². The molecule has 0 atom stereocenters. The predicted octanol–water partition coefficient (Wildman–Crippen LogP) is 1.95. The van der Waals surface area contributed by atoms with E-state index >= 15 is 0 Å². The van der Waals surface area contributed by atoms with E-state index in [1.54, 1.807) is 0 Å². The van der Waals surface area contributed by atoms with Gasteiger partial charge in [0.1, 0.15) is 0 Å². The van der Waals surface area contributed by atoms with Crippen LogP contribution in [0.15, 0.2) is 0 Å². The van der Waals surface area contributed by atoms with Crippen molar-refractivity contribution < 1.29 is 0 Å². The fraction of sp³-hybridized carbons (Fsp3) is 0.778. The first-order valence-corrected chi connectivity index (χ1v) is 5.35. The molecule has 0 aliphatic rings. The van der Waals surface area contributed by atoms with Crippen molar-refractivity contribution in [2.75, 3.05) is 6.54 Å². The molecule has 0 fully saturated rings. The molecule has 0 aliphatic carbocycles. The van der Waals surface area contributed by atoms with E-state index in [1.165, 1.54) is 16.4 Å². The van der Waals surface area contributed by atoms with Crippen LogP contribution in [0.5, 0.6) is 0 Å². The maximum absolute atomic E-state index is 4.17. The Labute approximate surface area is 83.7 Å². The van der Waals surface area contributed by atoms with E-state index < -0.39 is 0 Å². The van der Waals surface area contributed by atoms with Crippen LogP contribution in [0.1, 0.15) is 38.3 Å². The van der Waals surface area contributed by atoms with E-state index in [0.29, 0.717) is 0 Å². The van der Waals surface area contributed by atoms with Gasteiger partial charge in [-0.15, -0.1) is 5.10 Å². The molecule has 0 saturated carbocycles. The highest BCUT2D eigenvalue weighted by atomic mass is 32.1. The predicted molar refractivity (Wildman–Crippen MR) is 56.0 cm³/mol. The van der Waals surface area contributed by atoms with Gasteiger partial charge in [0.05, 0.1) is 10.6 Å². The molecule has 0 aromatic carbocycles. The highest BCUT2D eigenvalue weighted by Crippen LogP contribution is 2.25. The Bertz CT molecular complexity index is 262. The quantitative estimate of drug-likeness (QED) is 0.808. The number of hydrogen-bond donors (Lipinski definition) is 1. The molecule has 1 N–H and O–H groups in total. The standard InChI is InChI=1S/C9H17N3S/c1-5-10-6-7-8(9(2,3)4)11-12-13-7/h10H,5-6H2,1-4H3. The van der Waals surface area contributed by atoms with Gasteiger partial charge >= 0.3 is 0 Å². The molecule has 1 aromatic rings. The van der Waals surface area contributed by atoms with Gasteiger partial charge in [0.15, 0.2) is 0 Å². The number of rotatable bonds is 3. The van der Waals surface area contributed by atoms with E-state index in [1.807, 2.05) is 0 Å². The van der Waals surface area contributed by atoms with E-state index in [2.05, 4.69) is 42.6 Å². The highest BCUT2D eigenvalue weighted by Gasteiger charge is 2.21. The minimum atomic E-state index is 0.109. The summed E-state index contributed by atoms with van der Waals surface area (Å²) in [5, 5.41) is 7.46. The highest BCUT2D eigenvalue weighted by molar-refractivity contribution is 7.05. The second kappa shape index (κ2) is 4.15. The monoisotopic (exact) mass is 199 g/mol. The molecule has 0 amide bonds. The zero-order chi connectivity index (χ0) is 9.90. The smallest absolute Gasteiger partial charge is 0.0854 e. The SMILES string of the molecule is CCNCc1snnc1C(C)(C)C. The van der Waals surface area contributed by atoms with Crippen LogP contribution in [-0.2, 0) is 12.0 Å². The normalized spacial score (nSPS) is 12.0. The van der Waals surface area contributed by atoms with E-state index in [4.69, 9.17) is 0 Å². The molecule has 74 valence electrons. The largest absolute Gasteiger partial charge is 0.312 e. The average molecular weight is 199 g/mol. The van der Waals surface area contributed by atoms with Crippen molar-refractivity contribution in [3.05, 3.63) is 10.6 Å². The molecular formula is C9H17N3S. The first kappa shape index (κ1) is 10.6. The zero-order valence-corrected chi connectivity index (χ0v) is 9.53. The second-order valence-corrected chi connectivity index (χ2v) is 4.91. The van der Waals surface area contributed by atoms with E-state index in [0.717, 1.165) is 18.8 Å². The fourth-order valence-electron chi connectivity index (χ4n) is 1.13. The van der Waals surface area contributed by atoms with Crippen LogP contribution in [0.25, 0.3) is 0 Å². The summed E-state index contributed by atoms with van der Waals surface area (Å²) >= 11 is 1.49. The summed E-state index contributed by atoms with van der Waals surface area (Å²) in [5.74, 6) is 0. The molecule has 1 rings (SSSR count). The third kappa shape index (κ3) is 2.74. The van der Waals surface area contributed by atoms with Crippen molar-refractivity contribution in [1.29, 1.82) is 0 Å². The lowest BCUT2D eigenvalue weighted by molar-refractivity contribution is 0.555. The van der Waals surface area contributed by atoms with Gasteiger partial charge in [-0.3, -0.25) is 0 Å². The Morgan fingerprint density at radius 1 is 1.38 bits per heavy atom. The summed E-state index contributed by atoms with van der Waals surface area (Å²) in [6.07, 6.45) is 0. The minimum Gasteiger partial charge on any atom is -0.312 e. The third-order valence-electron chi connectivity index (χ3n) is 1.80. The van der Waals surface area contributed by atoms with Crippen molar-refractivity contribution in [3.63, 3.8) is 0 Å². The van der Waals surface area contributed by atoms with Crippen molar-refractivity contribution in [3.8, 4) is 0 Å². The van der Waals surface area contributed by atoms with E-state index in [-0.39, 0.29) is 5.41 Å². The lowest BCUT2D eigenvalue weighted by atomic mass is 9.91. The Hall–Kier alpha value is -0.480. The lowest BCUT2D eigenvalue weighted by Gasteiger charge is -2.16. The second-order valence-electron chi connectivity index (χ2n) is 4.08. The van der Waals surface area contributed by atoms with Crippen LogP contribution in [0.3, 0.4) is 0 Å². The lowest BCUT2D eigenvalue weighted by Crippen LogP contribution is -2.18. The summed E-state index contributed by atoms with van der Waals surface area (Å²) in [6, 6.07) is 0. The number of hydrogen-bond acceptors (Lipinski definition) is 4. The number of nitrogens with one attached hydrogen (secondary N) is 1. The van der Waals surface area contributed by atoms with Gasteiger partial charge in [-0.2, -0.15) is 0 Å². The molecule has 0 radical (unpaired) electrons. The number of nitrogens with zero attached hydrogens (tertiary/aromatic N) is 2. The molecule has 3 nitrogen and oxygen atoms in total. The first-order valence-electron chi connectivity index (χ1n) is 4.58. The van der Waals surface area contributed by atoms with Gasteiger partial charge in [-0.05, 0) is 18.1 Å². The fourth-order valence-corrected chi connectivity index (χ4v) is 1.95. The van der Waals surface area contributed by atoms with Crippen LogP contribution in [0, 0.1) is 0 Å². The Balaban J connectivity index is 2.77. The summed E-state index contributed by atoms with van der Waals surface area (Å²) < 4.78 is 3.99. The Kier molecular flexibility index (Phi) is 3.39. The van der Waals surface area contributed by atoms with Crippen LogP contribution in [0.2, 0.25) is 0 Å². The summed E-state index contributed by atoms with van der Waals surface area (Å²) in [7, 11) is 0. The van der Waals surface area contributed by atoms with Crippen molar-refractivity contribution in [2.24, 2.45) is 0 Å². The molecular weight excluding hydrogens is 182 g/mol. The van der Waals surface area contributed by atoms with E-state index in [9.17, 15) is 0 Å². The third-order valence-corrected chi connectivity index (χ3v) is 2.52. The zero-order valence-electron chi connectivity index (χ0n) is 8.72. The van der Waals surface area contributed by atoms with Gasteiger partial charge < -0.3 is 5.32 Å². The van der Waals surface area contributed by atoms with Crippen LogP contribution in [-0.4, -0.2) is 16.1 Å². The molecule has 1 aromatic heterocycles. The van der Waals surface area contributed by atoms with Gasteiger partial charge in [0, 0.05) is 12.0 Å². The van der Waals surface area contributed by atoms with Crippen LogP contribution < -0.4 is 5.32 Å². The van der Waals surface area contributed by atoms with Crippen molar-refractivity contribution in [2.45, 2.75) is 39.7 Å². The summed E-state index contributed by atoms with van der Waals surface area (Å²) in [6.45, 7) is 10.5. The first-order chi connectivity index (χ1) is 6.05. The minimum absolute atomic E-state index is 0.109. The molecule has 0 spiro atoms. The molecule has 4 heteroatoms. The summed E-state index contributed by atoms with van der Waals surface area (Å²) in [5.41, 5.74) is 1.23. The maximum Gasteiger partial charge on any atom is 0.0854 e. The molecule has 0 saturated heterocycles. The molecule has 0 bridgehead atoms. The van der Waals surface area contributed by atoms with Gasteiger partial charge in [-0.25, -0.2) is 0 Å². The Morgan fingerprint density at radius 2 is 2.08 bits per heavy atom. The van der Waals surface area contributed by atoms with Crippen LogP contribution in [0.4, 0.5) is 0 Å². The molecule has 0 unspecified atom stereocenters. The van der Waals surface area contributed by atoms with Gasteiger partial charge in [0.2, 0.25) is 0 Å². The van der Waals surface area contributed by atoms with Crippen LogP contribution >= 0.6 is 11.5 Å². The Morgan fingerprint density at radius 3 is 2.62 bits per heavy atom. The maximum atomic E-state index is 4.17.